The number of benzene rings is 1. The number of anilines is 1. The molecule has 0 bridgehead atoms. The minimum Gasteiger partial charge on any atom is -0.487 e. The molecule has 1 aromatic carbocycles. The van der Waals surface area contributed by atoms with Gasteiger partial charge in [-0.25, -0.2) is 0 Å². The van der Waals surface area contributed by atoms with Gasteiger partial charge in [0, 0.05) is 4.47 Å². The Morgan fingerprint density at radius 3 is 3.25 bits per heavy atom. The van der Waals surface area contributed by atoms with Gasteiger partial charge in [-0.1, -0.05) is 15.9 Å². The van der Waals surface area contributed by atoms with Crippen LogP contribution in [0.25, 0.3) is 0 Å². The number of hydrogen-bond donors (Lipinski definition) is 1. The number of nitrogens with one attached hydrogen (secondary N) is 1. The molecule has 1 aliphatic rings. The Morgan fingerprint density at radius 1 is 1.58 bits per heavy atom. The maximum Gasteiger partial charge on any atom is 0.142 e. The molecule has 0 unspecified atom stereocenters. The molecule has 0 spiro atoms. The average molecular weight is 228 g/mol. The minimum absolute atomic E-state index is 0.263. The number of fused-ring (bicyclic) bond motifs is 1. The molecule has 0 radical (unpaired) electrons. The van der Waals surface area contributed by atoms with Gasteiger partial charge < -0.3 is 10.1 Å². The van der Waals surface area contributed by atoms with Crippen molar-refractivity contribution < 1.29 is 4.74 Å². The van der Waals surface area contributed by atoms with Crippen LogP contribution in [0.2, 0.25) is 0 Å². The first kappa shape index (κ1) is 7.92. The first-order valence-electron chi connectivity index (χ1n) is 3.96. The highest BCUT2D eigenvalue weighted by Gasteiger charge is 2.14. The zero-order valence-electron chi connectivity index (χ0n) is 6.80. The van der Waals surface area contributed by atoms with Crippen LogP contribution in [0, 0.1) is 0 Å². The summed E-state index contributed by atoms with van der Waals surface area (Å²) in [6, 6.07) is 5.99. The summed E-state index contributed by atoms with van der Waals surface area (Å²) in [6.07, 6.45) is 0.263. The average Bonchev–Trinajstić information content (AvgIpc) is 2.05. The van der Waals surface area contributed by atoms with E-state index in [-0.39, 0.29) is 6.10 Å². The Balaban J connectivity index is 2.37. The Morgan fingerprint density at radius 2 is 2.42 bits per heavy atom. The highest BCUT2D eigenvalue weighted by atomic mass is 79.9. The van der Waals surface area contributed by atoms with E-state index in [2.05, 4.69) is 28.2 Å². The maximum atomic E-state index is 5.60. The van der Waals surface area contributed by atoms with Crippen LogP contribution in [0.1, 0.15) is 6.92 Å². The van der Waals surface area contributed by atoms with Crippen molar-refractivity contribution in [3.63, 3.8) is 0 Å². The Bertz CT molecular complexity index is 301. The molecule has 0 aromatic heterocycles. The standard InChI is InChI=1S/C9H10BrNO/c1-6-5-11-8-4-7(10)2-3-9(8)12-6/h2-4,6,11H,5H2,1H3/t6-/m1/s1. The van der Waals surface area contributed by atoms with Crippen molar-refractivity contribution in [2.75, 3.05) is 11.9 Å². The fourth-order valence-electron chi connectivity index (χ4n) is 1.26. The molecule has 3 heteroatoms. The molecule has 1 aliphatic heterocycles. The van der Waals surface area contributed by atoms with E-state index in [0.717, 1.165) is 22.5 Å². The number of hydrogen-bond acceptors (Lipinski definition) is 2. The molecule has 1 heterocycles. The summed E-state index contributed by atoms with van der Waals surface area (Å²) < 4.78 is 6.68. The van der Waals surface area contributed by atoms with E-state index in [0.29, 0.717) is 0 Å². The van der Waals surface area contributed by atoms with Crippen molar-refractivity contribution in [1.29, 1.82) is 0 Å². The van der Waals surface area contributed by atoms with Gasteiger partial charge in [-0.2, -0.15) is 0 Å². The van der Waals surface area contributed by atoms with Crippen LogP contribution in [-0.4, -0.2) is 12.6 Å². The molecule has 1 aromatic rings. The van der Waals surface area contributed by atoms with Gasteiger partial charge in [0.05, 0.1) is 12.2 Å². The number of halogens is 1. The fourth-order valence-corrected chi connectivity index (χ4v) is 1.62. The molecule has 12 heavy (non-hydrogen) atoms. The van der Waals surface area contributed by atoms with Gasteiger partial charge in [0.1, 0.15) is 11.9 Å². The summed E-state index contributed by atoms with van der Waals surface area (Å²) in [5.41, 5.74) is 1.07. The highest BCUT2D eigenvalue weighted by Crippen LogP contribution is 2.31. The Hall–Kier alpha value is -0.700. The second kappa shape index (κ2) is 2.98. The van der Waals surface area contributed by atoms with Crippen LogP contribution in [-0.2, 0) is 0 Å². The summed E-state index contributed by atoms with van der Waals surface area (Å²) >= 11 is 3.41. The lowest BCUT2D eigenvalue weighted by Crippen LogP contribution is -2.27. The third-order valence-electron chi connectivity index (χ3n) is 1.85. The van der Waals surface area contributed by atoms with Gasteiger partial charge in [0.2, 0.25) is 0 Å². The first-order valence-corrected chi connectivity index (χ1v) is 4.75. The van der Waals surface area contributed by atoms with Crippen molar-refractivity contribution in [2.45, 2.75) is 13.0 Å². The van der Waals surface area contributed by atoms with Gasteiger partial charge in [-0.05, 0) is 25.1 Å². The van der Waals surface area contributed by atoms with Crippen molar-refractivity contribution in [3.05, 3.63) is 22.7 Å². The highest BCUT2D eigenvalue weighted by molar-refractivity contribution is 9.10. The maximum absolute atomic E-state index is 5.60. The predicted molar refractivity (Wildman–Crippen MR) is 52.7 cm³/mol. The van der Waals surface area contributed by atoms with Crippen molar-refractivity contribution >= 4 is 21.6 Å². The zero-order valence-corrected chi connectivity index (χ0v) is 8.39. The molecular weight excluding hydrogens is 218 g/mol. The molecule has 2 rings (SSSR count). The molecule has 0 saturated carbocycles. The topological polar surface area (TPSA) is 21.3 Å². The van der Waals surface area contributed by atoms with Gasteiger partial charge in [-0.15, -0.1) is 0 Å². The molecule has 1 atom stereocenters. The molecule has 2 nitrogen and oxygen atoms in total. The Kier molecular flexibility index (Phi) is 1.97. The lowest BCUT2D eigenvalue weighted by atomic mass is 10.2. The molecule has 0 saturated heterocycles. The van der Waals surface area contributed by atoms with Crippen molar-refractivity contribution in [3.8, 4) is 5.75 Å². The summed E-state index contributed by atoms with van der Waals surface area (Å²) in [6.45, 7) is 2.93. The van der Waals surface area contributed by atoms with Crippen molar-refractivity contribution in [1.82, 2.24) is 0 Å². The van der Waals surface area contributed by atoms with E-state index < -0.39 is 0 Å². The lowest BCUT2D eigenvalue weighted by Gasteiger charge is -2.24. The van der Waals surface area contributed by atoms with E-state index in [1.807, 2.05) is 18.2 Å². The monoisotopic (exact) mass is 227 g/mol. The molecule has 1 N–H and O–H groups in total. The summed E-state index contributed by atoms with van der Waals surface area (Å²) in [7, 11) is 0. The largest absolute Gasteiger partial charge is 0.487 e. The summed E-state index contributed by atoms with van der Waals surface area (Å²) in [5, 5.41) is 3.30. The lowest BCUT2D eigenvalue weighted by molar-refractivity contribution is 0.226. The van der Waals surface area contributed by atoms with Crippen LogP contribution in [0.15, 0.2) is 22.7 Å². The molecular formula is C9H10BrNO. The van der Waals surface area contributed by atoms with Crippen LogP contribution >= 0.6 is 15.9 Å². The van der Waals surface area contributed by atoms with E-state index in [1.165, 1.54) is 0 Å². The predicted octanol–water partition coefficient (Wildman–Crippen LogP) is 2.64. The fraction of sp³-hybridized carbons (Fsp3) is 0.333. The normalized spacial score (nSPS) is 20.7. The smallest absolute Gasteiger partial charge is 0.142 e. The van der Waals surface area contributed by atoms with E-state index in [4.69, 9.17) is 4.74 Å². The van der Waals surface area contributed by atoms with Crippen molar-refractivity contribution in [2.24, 2.45) is 0 Å². The summed E-state index contributed by atoms with van der Waals surface area (Å²) in [4.78, 5) is 0. The molecule has 0 amide bonds. The third kappa shape index (κ3) is 1.41. The van der Waals surface area contributed by atoms with E-state index in [1.54, 1.807) is 0 Å². The quantitative estimate of drug-likeness (QED) is 0.736. The second-order valence-electron chi connectivity index (χ2n) is 2.95. The molecule has 64 valence electrons. The summed E-state index contributed by atoms with van der Waals surface area (Å²) in [5.74, 6) is 0.942. The van der Waals surface area contributed by atoms with E-state index in [9.17, 15) is 0 Å². The number of ether oxygens (including phenoxy) is 1. The first-order chi connectivity index (χ1) is 5.75. The SMILES string of the molecule is C[C@@H]1CNc2cc(Br)ccc2O1. The van der Waals surface area contributed by atoms with Crippen LogP contribution in [0.5, 0.6) is 5.75 Å². The van der Waals surface area contributed by atoms with Gasteiger partial charge >= 0.3 is 0 Å². The van der Waals surface area contributed by atoms with Crippen LogP contribution in [0.4, 0.5) is 5.69 Å². The van der Waals surface area contributed by atoms with E-state index >= 15 is 0 Å². The van der Waals surface area contributed by atoms with Gasteiger partial charge in [-0.3, -0.25) is 0 Å². The van der Waals surface area contributed by atoms with Gasteiger partial charge in [0.25, 0.3) is 0 Å². The van der Waals surface area contributed by atoms with Crippen LogP contribution in [0.3, 0.4) is 0 Å². The number of rotatable bonds is 0. The van der Waals surface area contributed by atoms with Gasteiger partial charge in [0.15, 0.2) is 0 Å². The van der Waals surface area contributed by atoms with Crippen LogP contribution < -0.4 is 10.1 Å². The second-order valence-corrected chi connectivity index (χ2v) is 3.87. The Labute approximate surface area is 80.1 Å². The molecule has 0 fully saturated rings. The molecule has 0 aliphatic carbocycles. The minimum atomic E-state index is 0.263. The third-order valence-corrected chi connectivity index (χ3v) is 2.34. The zero-order chi connectivity index (χ0) is 8.55.